The molecule has 30 heavy (non-hydrogen) atoms. The van der Waals surface area contributed by atoms with Gasteiger partial charge in [-0.15, -0.1) is 0 Å². The zero-order valence-electron chi connectivity index (χ0n) is 17.7. The van der Waals surface area contributed by atoms with Crippen molar-refractivity contribution < 1.29 is 17.9 Å². The van der Waals surface area contributed by atoms with Gasteiger partial charge in [0.25, 0.3) is 0 Å². The molecule has 0 N–H and O–H groups in total. The molecule has 3 rings (SSSR count). The second kappa shape index (κ2) is 10.1. The number of carbonyl (C=O) groups excluding carboxylic acids is 1. The van der Waals surface area contributed by atoms with Crippen LogP contribution in [-0.2, 0) is 21.4 Å². The molecule has 2 aromatic carbocycles. The van der Waals surface area contributed by atoms with Crippen LogP contribution in [0.3, 0.4) is 0 Å². The van der Waals surface area contributed by atoms with Gasteiger partial charge in [0.15, 0.2) is 0 Å². The number of hydrogen-bond donors (Lipinski definition) is 0. The van der Waals surface area contributed by atoms with Crippen LogP contribution in [0.25, 0.3) is 0 Å². The van der Waals surface area contributed by atoms with Crippen LogP contribution in [0, 0.1) is 5.92 Å². The Labute approximate surface area is 179 Å². The second-order valence-corrected chi connectivity index (χ2v) is 9.66. The fourth-order valence-corrected chi connectivity index (χ4v) is 4.92. The number of likely N-dealkylation sites (tertiary alicyclic amines) is 1. The fraction of sp³-hybridized carbons (Fsp3) is 0.435. The van der Waals surface area contributed by atoms with E-state index in [1.165, 1.54) is 16.4 Å². The minimum Gasteiger partial charge on any atom is -0.494 e. The number of benzene rings is 2. The molecule has 0 aliphatic carbocycles. The minimum absolute atomic E-state index is 0.145. The molecular formula is C23H30N2O4S. The van der Waals surface area contributed by atoms with Crippen molar-refractivity contribution in [3.8, 4) is 5.75 Å². The van der Waals surface area contributed by atoms with E-state index >= 15 is 0 Å². The molecule has 1 fully saturated rings. The Kier molecular flexibility index (Phi) is 7.50. The molecule has 0 aromatic heterocycles. The topological polar surface area (TPSA) is 66.9 Å². The van der Waals surface area contributed by atoms with E-state index in [0.717, 1.165) is 18.4 Å². The monoisotopic (exact) mass is 430 g/mol. The van der Waals surface area contributed by atoms with Crippen LogP contribution in [0.2, 0.25) is 0 Å². The van der Waals surface area contributed by atoms with E-state index in [1.807, 2.05) is 37.3 Å². The predicted molar refractivity (Wildman–Crippen MR) is 117 cm³/mol. The largest absolute Gasteiger partial charge is 0.494 e. The van der Waals surface area contributed by atoms with Gasteiger partial charge >= 0.3 is 0 Å². The van der Waals surface area contributed by atoms with E-state index < -0.39 is 10.0 Å². The highest BCUT2D eigenvalue weighted by atomic mass is 32.2. The number of hydrogen-bond acceptors (Lipinski definition) is 4. The number of amides is 1. The van der Waals surface area contributed by atoms with Gasteiger partial charge in [0, 0.05) is 19.6 Å². The lowest BCUT2D eigenvalue weighted by Crippen LogP contribution is -2.45. The molecule has 162 valence electrons. The average Bonchev–Trinajstić information content (AvgIpc) is 2.75. The van der Waals surface area contributed by atoms with Crippen LogP contribution in [0.5, 0.6) is 5.75 Å². The van der Waals surface area contributed by atoms with Crippen molar-refractivity contribution in [3.05, 3.63) is 60.2 Å². The highest BCUT2D eigenvalue weighted by molar-refractivity contribution is 7.89. The molecule has 0 bridgehead atoms. The van der Waals surface area contributed by atoms with E-state index in [-0.39, 0.29) is 23.9 Å². The van der Waals surface area contributed by atoms with Crippen LogP contribution in [0.1, 0.15) is 32.3 Å². The van der Waals surface area contributed by atoms with Crippen LogP contribution in [-0.4, -0.2) is 49.8 Å². The third-order valence-electron chi connectivity index (χ3n) is 5.42. The molecule has 2 aromatic rings. The zero-order valence-corrected chi connectivity index (χ0v) is 18.5. The molecule has 1 aliphatic heterocycles. The van der Waals surface area contributed by atoms with E-state index in [9.17, 15) is 13.2 Å². The van der Waals surface area contributed by atoms with E-state index in [2.05, 4.69) is 6.92 Å². The first-order valence-corrected chi connectivity index (χ1v) is 11.9. The third-order valence-corrected chi connectivity index (χ3v) is 7.23. The van der Waals surface area contributed by atoms with Crippen molar-refractivity contribution in [3.63, 3.8) is 0 Å². The summed E-state index contributed by atoms with van der Waals surface area (Å²) in [5.41, 5.74) is 0.840. The summed E-state index contributed by atoms with van der Waals surface area (Å²) >= 11 is 0. The van der Waals surface area contributed by atoms with Gasteiger partial charge in [0.2, 0.25) is 15.9 Å². The maximum atomic E-state index is 13.4. The van der Waals surface area contributed by atoms with Crippen LogP contribution in [0.4, 0.5) is 0 Å². The predicted octanol–water partition coefficient (Wildman–Crippen LogP) is 3.53. The Morgan fingerprint density at radius 1 is 1.07 bits per heavy atom. The van der Waals surface area contributed by atoms with Gasteiger partial charge in [-0.3, -0.25) is 4.79 Å². The van der Waals surface area contributed by atoms with E-state index in [4.69, 9.17) is 4.74 Å². The highest BCUT2D eigenvalue weighted by Crippen LogP contribution is 2.23. The molecule has 1 aliphatic rings. The molecule has 0 saturated carbocycles. The average molecular weight is 431 g/mol. The van der Waals surface area contributed by atoms with E-state index in [0.29, 0.717) is 31.4 Å². The van der Waals surface area contributed by atoms with Gasteiger partial charge in [-0.2, -0.15) is 4.31 Å². The van der Waals surface area contributed by atoms with Gasteiger partial charge < -0.3 is 9.64 Å². The summed E-state index contributed by atoms with van der Waals surface area (Å²) in [4.78, 5) is 14.9. The standard InChI is InChI=1S/C23H30N2O4S/c1-3-29-21-9-11-22(12-10-21)30(27,28)25(17-20-7-5-4-6-8-20)18-23(26)24-15-13-19(2)14-16-24/h4-12,19H,3,13-18H2,1-2H3. The Morgan fingerprint density at radius 2 is 1.70 bits per heavy atom. The summed E-state index contributed by atoms with van der Waals surface area (Å²) in [5.74, 6) is 1.07. The molecular weight excluding hydrogens is 400 g/mol. The number of sulfonamides is 1. The highest BCUT2D eigenvalue weighted by Gasteiger charge is 2.30. The lowest BCUT2D eigenvalue weighted by atomic mass is 9.99. The van der Waals surface area contributed by atoms with Gasteiger partial charge in [-0.05, 0) is 55.5 Å². The third kappa shape index (κ3) is 5.61. The molecule has 6 nitrogen and oxygen atoms in total. The quantitative estimate of drug-likeness (QED) is 0.643. The van der Waals surface area contributed by atoms with Crippen molar-refractivity contribution in [1.29, 1.82) is 0 Å². The Balaban J connectivity index is 1.83. The summed E-state index contributed by atoms with van der Waals surface area (Å²) in [6.07, 6.45) is 1.91. The maximum absolute atomic E-state index is 13.4. The zero-order chi connectivity index (χ0) is 21.6. The fourth-order valence-electron chi connectivity index (χ4n) is 3.55. The molecule has 1 saturated heterocycles. The molecule has 1 heterocycles. The Morgan fingerprint density at radius 3 is 2.30 bits per heavy atom. The smallest absolute Gasteiger partial charge is 0.243 e. The van der Waals surface area contributed by atoms with Crippen molar-refractivity contribution in [2.24, 2.45) is 5.92 Å². The Hall–Kier alpha value is -2.38. The molecule has 1 amide bonds. The lowest BCUT2D eigenvalue weighted by molar-refractivity contribution is -0.132. The molecule has 0 spiro atoms. The first-order valence-electron chi connectivity index (χ1n) is 10.4. The molecule has 0 unspecified atom stereocenters. The first-order chi connectivity index (χ1) is 14.4. The lowest BCUT2D eigenvalue weighted by Gasteiger charge is -2.32. The number of carbonyl (C=O) groups is 1. The summed E-state index contributed by atoms with van der Waals surface area (Å²) < 4.78 is 33.5. The first kappa shape index (κ1) is 22.3. The van der Waals surface area contributed by atoms with Gasteiger partial charge in [0.1, 0.15) is 5.75 Å². The summed E-state index contributed by atoms with van der Waals surface area (Å²) in [5, 5.41) is 0. The van der Waals surface area contributed by atoms with Gasteiger partial charge in [-0.1, -0.05) is 37.3 Å². The molecule has 0 atom stereocenters. The van der Waals surface area contributed by atoms with Crippen LogP contribution >= 0.6 is 0 Å². The Bertz CT molecular complexity index is 921. The molecule has 7 heteroatoms. The van der Waals surface area contributed by atoms with Gasteiger partial charge in [-0.25, -0.2) is 8.42 Å². The normalized spacial score (nSPS) is 15.4. The second-order valence-electron chi connectivity index (χ2n) is 7.73. The number of ether oxygens (including phenoxy) is 1. The van der Waals surface area contributed by atoms with Crippen LogP contribution < -0.4 is 4.74 Å². The van der Waals surface area contributed by atoms with Crippen LogP contribution in [0.15, 0.2) is 59.5 Å². The van der Waals surface area contributed by atoms with Crippen molar-refractivity contribution >= 4 is 15.9 Å². The van der Waals surface area contributed by atoms with Crippen molar-refractivity contribution in [1.82, 2.24) is 9.21 Å². The minimum atomic E-state index is -3.85. The summed E-state index contributed by atoms with van der Waals surface area (Å²) in [7, 11) is -3.85. The summed E-state index contributed by atoms with van der Waals surface area (Å²) in [6.45, 7) is 5.91. The number of rotatable bonds is 8. The SMILES string of the molecule is CCOc1ccc(S(=O)(=O)N(CC(=O)N2CCC(C)CC2)Cc2ccccc2)cc1. The number of piperidine rings is 1. The van der Waals surface area contributed by atoms with Crippen molar-refractivity contribution in [2.75, 3.05) is 26.2 Å². The maximum Gasteiger partial charge on any atom is 0.243 e. The van der Waals surface area contributed by atoms with Gasteiger partial charge in [0.05, 0.1) is 18.0 Å². The van der Waals surface area contributed by atoms with E-state index in [1.54, 1.807) is 17.0 Å². The number of nitrogens with zero attached hydrogens (tertiary/aromatic N) is 2. The summed E-state index contributed by atoms with van der Waals surface area (Å²) in [6, 6.07) is 15.7. The molecule has 0 radical (unpaired) electrons. The van der Waals surface area contributed by atoms with Crippen molar-refractivity contribution in [2.45, 2.75) is 38.1 Å².